The van der Waals surface area contributed by atoms with Gasteiger partial charge >= 0.3 is 0 Å². The first-order valence-electron chi connectivity index (χ1n) is 12.7. The molecule has 2 aliphatic heterocycles. The van der Waals surface area contributed by atoms with E-state index < -0.39 is 32.5 Å². The molecule has 0 spiro atoms. The molecule has 14 heteroatoms. The van der Waals surface area contributed by atoms with Gasteiger partial charge in [-0.25, -0.2) is 17.2 Å². The van der Waals surface area contributed by atoms with Crippen LogP contribution >= 0.6 is 0 Å². The Kier molecular flexibility index (Phi) is 7.83. The van der Waals surface area contributed by atoms with E-state index in [2.05, 4.69) is 26.1 Å². The van der Waals surface area contributed by atoms with Crippen LogP contribution in [0.1, 0.15) is 41.4 Å². The number of H-pyrrole nitrogens is 1. The summed E-state index contributed by atoms with van der Waals surface area (Å²) in [5.74, 6) is -2.60. The van der Waals surface area contributed by atoms with Crippen LogP contribution in [0.25, 0.3) is 0 Å². The lowest BCUT2D eigenvalue weighted by Gasteiger charge is -2.27. The average molecular weight is 575 g/mol. The van der Waals surface area contributed by atoms with Crippen LogP contribution < -0.4 is 16.0 Å². The SMILES string of the molecule is CC(=O)Nc1ccc(C(=O)Nc2n[nH]c3c2CN(S(=O)(=O)c2cc(F)cc(F)c2)CC3)c(NC2CCOCC2)c1. The molecule has 1 aromatic heterocycles. The summed E-state index contributed by atoms with van der Waals surface area (Å²) in [4.78, 5) is 24.5. The summed E-state index contributed by atoms with van der Waals surface area (Å²) in [6.45, 7) is 2.47. The van der Waals surface area contributed by atoms with Crippen LogP contribution in [0.3, 0.4) is 0 Å². The first kappa shape index (κ1) is 27.7. The second-order valence-electron chi connectivity index (χ2n) is 9.65. The van der Waals surface area contributed by atoms with Gasteiger partial charge in [-0.3, -0.25) is 14.7 Å². The second kappa shape index (κ2) is 11.3. The number of carbonyl (C=O) groups is 2. The van der Waals surface area contributed by atoms with Gasteiger partial charge in [0.1, 0.15) is 11.6 Å². The number of carbonyl (C=O) groups excluding carboxylic acids is 2. The zero-order valence-electron chi connectivity index (χ0n) is 21.6. The van der Waals surface area contributed by atoms with E-state index in [0.29, 0.717) is 47.5 Å². The third kappa shape index (κ3) is 5.98. The number of ether oxygens (including phenoxy) is 1. The lowest BCUT2D eigenvalue weighted by atomic mass is 10.1. The standard InChI is InChI=1S/C26H28F2N6O5S/c1-15(35)29-19-2-3-21(24(13-19)30-18-5-8-39-9-6-18)26(36)31-25-22-14-34(7-4-23(22)32-33-25)40(37,38)20-11-16(27)10-17(28)12-20/h2-3,10-13,18,30H,4-9,14H2,1H3,(H,29,35)(H2,31,32,33,36). The number of hydrogen-bond acceptors (Lipinski definition) is 7. The van der Waals surface area contributed by atoms with Crippen molar-refractivity contribution < 1.29 is 31.5 Å². The number of aromatic amines is 1. The number of aromatic nitrogens is 2. The summed E-state index contributed by atoms with van der Waals surface area (Å²) in [6.07, 6.45) is 1.76. The second-order valence-corrected chi connectivity index (χ2v) is 11.6. The highest BCUT2D eigenvalue weighted by atomic mass is 32.2. The zero-order valence-corrected chi connectivity index (χ0v) is 22.4. The normalized spacial score (nSPS) is 16.3. The molecular weight excluding hydrogens is 546 g/mol. The van der Waals surface area contributed by atoms with Gasteiger partial charge in [-0.15, -0.1) is 0 Å². The van der Waals surface area contributed by atoms with Gasteiger partial charge in [0.2, 0.25) is 15.9 Å². The highest BCUT2D eigenvalue weighted by Gasteiger charge is 2.32. The van der Waals surface area contributed by atoms with Crippen LogP contribution in [0.15, 0.2) is 41.3 Å². The van der Waals surface area contributed by atoms with Crippen LogP contribution in [0.4, 0.5) is 26.0 Å². The van der Waals surface area contributed by atoms with Crippen molar-refractivity contribution in [2.45, 2.75) is 43.7 Å². The molecule has 1 saturated heterocycles. The van der Waals surface area contributed by atoms with E-state index in [1.54, 1.807) is 18.2 Å². The minimum Gasteiger partial charge on any atom is -0.381 e. The van der Waals surface area contributed by atoms with Crippen LogP contribution in [-0.4, -0.2) is 60.5 Å². The van der Waals surface area contributed by atoms with Crippen molar-refractivity contribution in [3.63, 3.8) is 0 Å². The molecule has 3 aromatic rings. The highest BCUT2D eigenvalue weighted by Crippen LogP contribution is 2.30. The van der Waals surface area contributed by atoms with Gasteiger partial charge in [-0.1, -0.05) is 0 Å². The Morgan fingerprint density at radius 3 is 2.50 bits per heavy atom. The molecule has 0 unspecified atom stereocenters. The summed E-state index contributed by atoms with van der Waals surface area (Å²) in [6, 6.07) is 7.07. The predicted octanol–water partition coefficient (Wildman–Crippen LogP) is 3.24. The third-order valence-corrected chi connectivity index (χ3v) is 8.59. The smallest absolute Gasteiger partial charge is 0.258 e. The van der Waals surface area contributed by atoms with E-state index in [9.17, 15) is 26.8 Å². The average Bonchev–Trinajstić information content (AvgIpc) is 3.30. The topological polar surface area (TPSA) is 146 Å². The fourth-order valence-electron chi connectivity index (χ4n) is 4.78. The van der Waals surface area contributed by atoms with Gasteiger partial charge in [0.25, 0.3) is 5.91 Å². The number of halogens is 2. The Morgan fingerprint density at radius 1 is 1.07 bits per heavy atom. The molecule has 2 aliphatic rings. The molecule has 0 radical (unpaired) electrons. The van der Waals surface area contributed by atoms with E-state index in [4.69, 9.17) is 4.74 Å². The number of nitrogens with one attached hydrogen (secondary N) is 4. The largest absolute Gasteiger partial charge is 0.381 e. The van der Waals surface area contributed by atoms with Crippen molar-refractivity contribution >= 4 is 39.0 Å². The van der Waals surface area contributed by atoms with Crippen LogP contribution in [-0.2, 0) is 32.5 Å². The van der Waals surface area contributed by atoms with Crippen LogP contribution in [0.5, 0.6) is 0 Å². The monoisotopic (exact) mass is 574 g/mol. The summed E-state index contributed by atoms with van der Waals surface area (Å²) in [7, 11) is -4.22. The van der Waals surface area contributed by atoms with Crippen molar-refractivity contribution in [1.82, 2.24) is 14.5 Å². The van der Waals surface area contributed by atoms with Gasteiger partial charge < -0.3 is 20.7 Å². The molecule has 0 atom stereocenters. The van der Waals surface area contributed by atoms with Crippen LogP contribution in [0, 0.1) is 11.6 Å². The van der Waals surface area contributed by atoms with Crippen molar-refractivity contribution in [2.24, 2.45) is 0 Å². The van der Waals surface area contributed by atoms with E-state index >= 15 is 0 Å². The van der Waals surface area contributed by atoms with Gasteiger partial charge in [0.15, 0.2) is 5.82 Å². The Balaban J connectivity index is 1.38. The predicted molar refractivity (Wildman–Crippen MR) is 142 cm³/mol. The van der Waals surface area contributed by atoms with E-state index in [-0.39, 0.29) is 37.3 Å². The van der Waals surface area contributed by atoms with E-state index in [1.807, 2.05) is 0 Å². The molecule has 2 amide bonds. The number of nitrogens with zero attached hydrogens (tertiary/aromatic N) is 2. The molecule has 5 rings (SSSR count). The Labute approximate surface area is 229 Å². The molecule has 212 valence electrons. The maximum Gasteiger partial charge on any atom is 0.258 e. The number of fused-ring (bicyclic) bond motifs is 1. The molecule has 3 heterocycles. The van der Waals surface area contributed by atoms with Gasteiger partial charge in [0.05, 0.1) is 10.5 Å². The lowest BCUT2D eigenvalue weighted by Crippen LogP contribution is -2.36. The zero-order chi connectivity index (χ0) is 28.4. The molecule has 0 aliphatic carbocycles. The van der Waals surface area contributed by atoms with Crippen molar-refractivity contribution in [1.29, 1.82) is 0 Å². The molecular formula is C26H28F2N6O5S. The fraction of sp³-hybridized carbons (Fsp3) is 0.346. The van der Waals surface area contributed by atoms with Crippen molar-refractivity contribution in [3.05, 3.63) is 64.9 Å². The highest BCUT2D eigenvalue weighted by molar-refractivity contribution is 7.89. The Hall–Kier alpha value is -3.88. The van der Waals surface area contributed by atoms with Crippen LogP contribution in [0.2, 0.25) is 0 Å². The van der Waals surface area contributed by atoms with Gasteiger partial charge in [-0.05, 0) is 43.2 Å². The Morgan fingerprint density at radius 2 is 1.80 bits per heavy atom. The maximum absolute atomic E-state index is 13.7. The lowest BCUT2D eigenvalue weighted by molar-refractivity contribution is -0.114. The molecule has 40 heavy (non-hydrogen) atoms. The van der Waals surface area contributed by atoms with Gasteiger partial charge in [0, 0.05) is 74.4 Å². The molecule has 2 aromatic carbocycles. The summed E-state index contributed by atoms with van der Waals surface area (Å²) >= 11 is 0. The number of amides is 2. The summed E-state index contributed by atoms with van der Waals surface area (Å²) in [5, 5.41) is 15.9. The number of anilines is 3. The Bertz CT molecular complexity index is 1530. The fourth-order valence-corrected chi connectivity index (χ4v) is 6.24. The molecule has 1 fully saturated rings. The number of benzene rings is 2. The minimum absolute atomic E-state index is 0.0623. The molecule has 0 bridgehead atoms. The quantitative estimate of drug-likeness (QED) is 0.339. The van der Waals surface area contributed by atoms with Crippen molar-refractivity contribution in [2.75, 3.05) is 35.7 Å². The van der Waals surface area contributed by atoms with Gasteiger partial charge in [-0.2, -0.15) is 9.40 Å². The molecule has 4 N–H and O–H groups in total. The van der Waals surface area contributed by atoms with Crippen molar-refractivity contribution in [3.8, 4) is 0 Å². The molecule has 0 saturated carbocycles. The number of sulfonamides is 1. The third-order valence-electron chi connectivity index (χ3n) is 6.77. The number of rotatable bonds is 7. The van der Waals surface area contributed by atoms with E-state index in [1.165, 1.54) is 6.92 Å². The summed E-state index contributed by atoms with van der Waals surface area (Å²) < 4.78 is 60.3. The maximum atomic E-state index is 13.7. The minimum atomic E-state index is -4.22. The molecule has 11 nitrogen and oxygen atoms in total. The number of hydrogen-bond donors (Lipinski definition) is 4. The first-order chi connectivity index (χ1) is 19.1. The summed E-state index contributed by atoms with van der Waals surface area (Å²) in [5.41, 5.74) is 2.43. The first-order valence-corrected chi connectivity index (χ1v) is 14.1. The van der Waals surface area contributed by atoms with E-state index in [0.717, 1.165) is 29.3 Å².